The number of nitrogens with one attached hydrogen (secondary N) is 1. The third-order valence-corrected chi connectivity index (χ3v) is 4.24. The van der Waals surface area contributed by atoms with Gasteiger partial charge in [-0.3, -0.25) is 14.9 Å². The molecule has 136 valence electrons. The van der Waals surface area contributed by atoms with Gasteiger partial charge in [-0.1, -0.05) is 13.8 Å². The Balaban J connectivity index is 2.21. The van der Waals surface area contributed by atoms with Gasteiger partial charge in [-0.15, -0.1) is 0 Å². The lowest BCUT2D eigenvalue weighted by atomic mass is 10.0. The Morgan fingerprint density at radius 3 is 2.72 bits per heavy atom. The second kappa shape index (κ2) is 7.96. The third-order valence-electron chi connectivity index (χ3n) is 4.24. The molecule has 8 nitrogen and oxygen atoms in total. The summed E-state index contributed by atoms with van der Waals surface area (Å²) in [6.07, 6.45) is 1.76. The molecule has 2 rings (SSSR count). The van der Waals surface area contributed by atoms with Crippen molar-refractivity contribution in [3.63, 3.8) is 0 Å². The van der Waals surface area contributed by atoms with Crippen molar-refractivity contribution in [3.8, 4) is 0 Å². The third kappa shape index (κ3) is 4.46. The number of amides is 1. The van der Waals surface area contributed by atoms with Crippen LogP contribution in [-0.2, 0) is 9.53 Å². The molecule has 25 heavy (non-hydrogen) atoms. The fraction of sp³-hybridized carbons (Fsp3) is 0.529. The number of nitro benzene ring substituents is 1. The summed E-state index contributed by atoms with van der Waals surface area (Å²) < 4.78 is 4.65. The fourth-order valence-corrected chi connectivity index (χ4v) is 2.85. The molecule has 0 aliphatic carbocycles. The summed E-state index contributed by atoms with van der Waals surface area (Å²) in [6, 6.07) is 4.44. The molecule has 1 aromatic rings. The van der Waals surface area contributed by atoms with Gasteiger partial charge in [0.05, 0.1) is 12.0 Å². The van der Waals surface area contributed by atoms with Crippen LogP contribution in [0.25, 0.3) is 0 Å². The highest BCUT2D eigenvalue weighted by molar-refractivity contribution is 5.95. The van der Waals surface area contributed by atoms with Crippen molar-refractivity contribution in [2.75, 3.05) is 25.1 Å². The van der Waals surface area contributed by atoms with E-state index in [9.17, 15) is 19.7 Å². The molecule has 0 bridgehead atoms. The SMILES string of the molecule is COC(=O)c1cc(N2CCCC(NC(=O)C(C)C)C2)ccc1[N+](=O)[O-]. The minimum Gasteiger partial charge on any atom is -0.465 e. The Bertz CT molecular complexity index is 674. The summed E-state index contributed by atoms with van der Waals surface area (Å²) in [6.45, 7) is 5.03. The van der Waals surface area contributed by atoms with Crippen molar-refractivity contribution in [2.45, 2.75) is 32.7 Å². The molecule has 0 spiro atoms. The maximum atomic E-state index is 11.9. The number of carbonyl (C=O) groups is 2. The van der Waals surface area contributed by atoms with E-state index < -0.39 is 10.9 Å². The van der Waals surface area contributed by atoms with Gasteiger partial charge in [-0.05, 0) is 25.0 Å². The molecule has 1 unspecified atom stereocenters. The smallest absolute Gasteiger partial charge is 0.344 e. The van der Waals surface area contributed by atoms with Gasteiger partial charge in [-0.25, -0.2) is 4.79 Å². The molecule has 1 fully saturated rings. The van der Waals surface area contributed by atoms with E-state index in [1.807, 2.05) is 18.7 Å². The Kier molecular flexibility index (Phi) is 5.95. The largest absolute Gasteiger partial charge is 0.465 e. The lowest BCUT2D eigenvalue weighted by Gasteiger charge is -2.35. The van der Waals surface area contributed by atoms with Crippen LogP contribution in [0.15, 0.2) is 18.2 Å². The summed E-state index contributed by atoms with van der Waals surface area (Å²) in [4.78, 5) is 36.3. The number of rotatable bonds is 5. The number of benzene rings is 1. The van der Waals surface area contributed by atoms with Crippen LogP contribution in [0.5, 0.6) is 0 Å². The minimum absolute atomic E-state index is 0.00537. The van der Waals surface area contributed by atoms with Crippen molar-refractivity contribution < 1.29 is 19.2 Å². The van der Waals surface area contributed by atoms with Crippen molar-refractivity contribution >= 4 is 23.3 Å². The van der Waals surface area contributed by atoms with Crippen LogP contribution in [0.1, 0.15) is 37.0 Å². The minimum atomic E-state index is -0.741. The number of methoxy groups -OCH3 is 1. The van der Waals surface area contributed by atoms with Crippen molar-refractivity contribution in [2.24, 2.45) is 5.92 Å². The molecule has 1 aromatic carbocycles. The molecule has 1 saturated heterocycles. The zero-order valence-electron chi connectivity index (χ0n) is 14.7. The highest BCUT2D eigenvalue weighted by atomic mass is 16.6. The van der Waals surface area contributed by atoms with Crippen molar-refractivity contribution in [1.29, 1.82) is 0 Å². The van der Waals surface area contributed by atoms with Crippen LogP contribution in [0, 0.1) is 16.0 Å². The van der Waals surface area contributed by atoms with Gasteiger partial charge in [0, 0.05) is 36.8 Å². The predicted octanol–water partition coefficient (Wildman–Crippen LogP) is 2.12. The standard InChI is InChI=1S/C17H23N3O5/c1-11(2)16(21)18-12-5-4-8-19(10-12)13-6-7-15(20(23)24)14(9-13)17(22)25-3/h6-7,9,11-12H,4-5,8,10H2,1-3H3,(H,18,21). The number of carbonyl (C=O) groups excluding carboxylic acids is 2. The van der Waals surface area contributed by atoms with Gasteiger partial charge < -0.3 is 15.0 Å². The molecule has 0 radical (unpaired) electrons. The van der Waals surface area contributed by atoms with E-state index >= 15 is 0 Å². The average molecular weight is 349 g/mol. The monoisotopic (exact) mass is 349 g/mol. The summed E-state index contributed by atoms with van der Waals surface area (Å²) in [5.41, 5.74) is 0.352. The quantitative estimate of drug-likeness (QED) is 0.496. The lowest BCUT2D eigenvalue weighted by molar-refractivity contribution is -0.385. The van der Waals surface area contributed by atoms with Gasteiger partial charge in [0.1, 0.15) is 5.56 Å². The molecule has 0 aromatic heterocycles. The second-order valence-corrected chi connectivity index (χ2v) is 6.40. The normalized spacial score (nSPS) is 17.3. The van der Waals surface area contributed by atoms with Crippen LogP contribution in [0.3, 0.4) is 0 Å². The van der Waals surface area contributed by atoms with Gasteiger partial charge in [0.15, 0.2) is 0 Å². The van der Waals surface area contributed by atoms with Crippen LogP contribution in [0.2, 0.25) is 0 Å². The van der Waals surface area contributed by atoms with E-state index in [0.29, 0.717) is 12.2 Å². The molecule has 1 atom stereocenters. The lowest BCUT2D eigenvalue weighted by Crippen LogP contribution is -2.48. The van der Waals surface area contributed by atoms with Crippen molar-refractivity contribution in [1.82, 2.24) is 5.32 Å². The van der Waals surface area contributed by atoms with Crippen molar-refractivity contribution in [3.05, 3.63) is 33.9 Å². The first kappa shape index (κ1) is 18.7. The van der Waals surface area contributed by atoms with Crippen LogP contribution < -0.4 is 10.2 Å². The first-order valence-electron chi connectivity index (χ1n) is 8.25. The molecule has 1 aliphatic rings. The molecule has 8 heteroatoms. The molecule has 1 N–H and O–H groups in total. The summed E-state index contributed by atoms with van der Waals surface area (Å²) in [5.74, 6) is -0.818. The van der Waals surface area contributed by atoms with E-state index in [0.717, 1.165) is 19.4 Å². The number of ether oxygens (including phenoxy) is 1. The van der Waals surface area contributed by atoms with E-state index in [-0.39, 0.29) is 29.1 Å². The number of piperidine rings is 1. The number of anilines is 1. The van der Waals surface area contributed by atoms with E-state index in [1.165, 1.54) is 19.2 Å². The predicted molar refractivity (Wildman–Crippen MR) is 92.7 cm³/mol. The van der Waals surface area contributed by atoms with Gasteiger partial charge in [0.2, 0.25) is 5.91 Å². The molecule has 0 saturated carbocycles. The Morgan fingerprint density at radius 2 is 2.12 bits per heavy atom. The topological polar surface area (TPSA) is 102 Å². The Labute approximate surface area is 146 Å². The fourth-order valence-electron chi connectivity index (χ4n) is 2.85. The molecule has 1 aliphatic heterocycles. The van der Waals surface area contributed by atoms with Gasteiger partial charge in [0.25, 0.3) is 5.69 Å². The first-order chi connectivity index (χ1) is 11.8. The first-order valence-corrected chi connectivity index (χ1v) is 8.25. The highest BCUT2D eigenvalue weighted by Crippen LogP contribution is 2.27. The zero-order chi connectivity index (χ0) is 18.6. The zero-order valence-corrected chi connectivity index (χ0v) is 14.7. The molecule has 1 heterocycles. The van der Waals surface area contributed by atoms with E-state index in [2.05, 4.69) is 10.1 Å². The summed E-state index contributed by atoms with van der Waals surface area (Å²) in [7, 11) is 1.19. The van der Waals surface area contributed by atoms with E-state index in [1.54, 1.807) is 6.07 Å². The number of esters is 1. The maximum absolute atomic E-state index is 11.9. The molecular formula is C17H23N3O5. The van der Waals surface area contributed by atoms with Crippen LogP contribution in [0.4, 0.5) is 11.4 Å². The Morgan fingerprint density at radius 1 is 1.40 bits per heavy atom. The number of hydrogen-bond donors (Lipinski definition) is 1. The summed E-state index contributed by atoms with van der Waals surface area (Å²) >= 11 is 0. The number of nitro groups is 1. The maximum Gasteiger partial charge on any atom is 0.344 e. The summed E-state index contributed by atoms with van der Waals surface area (Å²) in [5, 5.41) is 14.1. The number of nitrogens with zero attached hydrogens (tertiary/aromatic N) is 2. The van der Waals surface area contributed by atoms with Gasteiger partial charge >= 0.3 is 5.97 Å². The van der Waals surface area contributed by atoms with Crippen LogP contribution in [-0.4, -0.2) is 43.0 Å². The van der Waals surface area contributed by atoms with Crippen LogP contribution >= 0.6 is 0 Å². The highest BCUT2D eigenvalue weighted by Gasteiger charge is 2.26. The molecular weight excluding hydrogens is 326 g/mol. The van der Waals surface area contributed by atoms with Gasteiger partial charge in [-0.2, -0.15) is 0 Å². The number of hydrogen-bond acceptors (Lipinski definition) is 6. The van der Waals surface area contributed by atoms with E-state index in [4.69, 9.17) is 0 Å². The second-order valence-electron chi connectivity index (χ2n) is 6.40. The Hall–Kier alpha value is -2.64. The average Bonchev–Trinajstić information content (AvgIpc) is 2.60. The molecule has 1 amide bonds.